The first-order valence-corrected chi connectivity index (χ1v) is 9.90. The molecule has 0 spiro atoms. The van der Waals surface area contributed by atoms with E-state index in [1.54, 1.807) is 7.05 Å². The molecule has 0 radical (unpaired) electrons. The Morgan fingerprint density at radius 2 is 1.84 bits per heavy atom. The number of piperazine rings is 1. The molecule has 1 aliphatic carbocycles. The third kappa shape index (κ3) is 4.23. The molecule has 2 amide bonds. The van der Waals surface area contributed by atoms with E-state index in [9.17, 15) is 9.59 Å². The molecule has 6 heteroatoms. The first-order valence-electron chi connectivity index (χ1n) is 9.10. The number of carbonyl (C=O) groups is 2. The van der Waals surface area contributed by atoms with Gasteiger partial charge in [0.05, 0.1) is 6.04 Å². The summed E-state index contributed by atoms with van der Waals surface area (Å²) in [6, 6.07) is 7.47. The van der Waals surface area contributed by atoms with Gasteiger partial charge < -0.3 is 10.2 Å². The zero-order valence-corrected chi connectivity index (χ0v) is 16.3. The Morgan fingerprint density at radius 3 is 2.44 bits per heavy atom. The molecule has 1 atom stereocenters. The van der Waals surface area contributed by atoms with Crippen LogP contribution in [0.2, 0.25) is 0 Å². The van der Waals surface area contributed by atoms with Crippen LogP contribution in [0.1, 0.15) is 36.0 Å². The van der Waals surface area contributed by atoms with Gasteiger partial charge in [0, 0.05) is 43.3 Å². The molecule has 0 bridgehead atoms. The van der Waals surface area contributed by atoms with Crippen molar-refractivity contribution in [2.75, 3.05) is 33.2 Å². The van der Waals surface area contributed by atoms with Crippen LogP contribution in [0.25, 0.3) is 0 Å². The number of amides is 2. The molecule has 1 aromatic rings. The normalized spacial score (nSPS) is 20.5. The van der Waals surface area contributed by atoms with Gasteiger partial charge in [-0.05, 0) is 37.0 Å². The standard InChI is InChI=1S/C19H26BrN3O2/c1-21-18(24)17(14-5-2-3-6-14)22-9-11-23(12-10-22)19(25)15-7-4-8-16(20)13-15/h4,7-8,13-14,17H,2-3,5-6,9-12H2,1H3,(H,21,24)/t17-/m1/s1. The number of hydrogen-bond acceptors (Lipinski definition) is 3. The third-order valence-corrected chi connectivity index (χ3v) is 5.92. The highest BCUT2D eigenvalue weighted by Crippen LogP contribution is 2.31. The van der Waals surface area contributed by atoms with Crippen molar-refractivity contribution >= 4 is 27.7 Å². The molecule has 0 aromatic heterocycles. The van der Waals surface area contributed by atoms with Crippen molar-refractivity contribution in [3.05, 3.63) is 34.3 Å². The van der Waals surface area contributed by atoms with Crippen molar-refractivity contribution in [2.45, 2.75) is 31.7 Å². The summed E-state index contributed by atoms with van der Waals surface area (Å²) >= 11 is 3.42. The Morgan fingerprint density at radius 1 is 1.16 bits per heavy atom. The van der Waals surface area contributed by atoms with E-state index < -0.39 is 0 Å². The number of nitrogens with one attached hydrogen (secondary N) is 1. The molecule has 1 saturated carbocycles. The van der Waals surface area contributed by atoms with Gasteiger partial charge in [0.25, 0.3) is 5.91 Å². The predicted octanol–water partition coefficient (Wildman–Crippen LogP) is 2.51. The van der Waals surface area contributed by atoms with Crippen LogP contribution in [0.3, 0.4) is 0 Å². The van der Waals surface area contributed by atoms with Gasteiger partial charge in [-0.25, -0.2) is 0 Å². The lowest BCUT2D eigenvalue weighted by Gasteiger charge is -2.40. The van der Waals surface area contributed by atoms with Gasteiger partial charge >= 0.3 is 0 Å². The highest BCUT2D eigenvalue weighted by molar-refractivity contribution is 9.10. The molecule has 2 fully saturated rings. The average molecular weight is 408 g/mol. The van der Waals surface area contributed by atoms with Crippen LogP contribution in [0.5, 0.6) is 0 Å². The molecule has 136 valence electrons. The van der Waals surface area contributed by atoms with Gasteiger partial charge in [0.1, 0.15) is 0 Å². The Hall–Kier alpha value is -1.40. The maximum atomic E-state index is 12.7. The molecular formula is C19H26BrN3O2. The lowest BCUT2D eigenvalue weighted by atomic mass is 9.95. The van der Waals surface area contributed by atoms with Gasteiger partial charge in [0.15, 0.2) is 0 Å². The molecule has 3 rings (SSSR count). The van der Waals surface area contributed by atoms with Gasteiger partial charge in [-0.2, -0.15) is 0 Å². The molecule has 2 aliphatic rings. The van der Waals surface area contributed by atoms with Crippen LogP contribution in [0.4, 0.5) is 0 Å². The largest absolute Gasteiger partial charge is 0.358 e. The quantitative estimate of drug-likeness (QED) is 0.833. The monoisotopic (exact) mass is 407 g/mol. The van der Waals surface area contributed by atoms with Crippen LogP contribution in [0, 0.1) is 5.92 Å². The zero-order chi connectivity index (χ0) is 17.8. The summed E-state index contributed by atoms with van der Waals surface area (Å²) in [5, 5.41) is 2.84. The smallest absolute Gasteiger partial charge is 0.253 e. The summed E-state index contributed by atoms with van der Waals surface area (Å²) in [5.74, 6) is 0.643. The second-order valence-electron chi connectivity index (χ2n) is 6.94. The van der Waals surface area contributed by atoms with E-state index >= 15 is 0 Å². The molecule has 5 nitrogen and oxygen atoms in total. The molecule has 1 aromatic carbocycles. The molecule has 1 heterocycles. The van der Waals surface area contributed by atoms with Crippen molar-refractivity contribution in [3.63, 3.8) is 0 Å². The number of hydrogen-bond donors (Lipinski definition) is 1. The fourth-order valence-corrected chi connectivity index (χ4v) is 4.51. The van der Waals surface area contributed by atoms with Crippen LogP contribution in [-0.2, 0) is 4.79 Å². The Labute approximate surface area is 157 Å². The van der Waals surface area contributed by atoms with Crippen molar-refractivity contribution in [3.8, 4) is 0 Å². The minimum Gasteiger partial charge on any atom is -0.358 e. The minimum atomic E-state index is -0.0457. The van der Waals surface area contributed by atoms with Crippen LogP contribution in [-0.4, -0.2) is 60.9 Å². The van der Waals surface area contributed by atoms with Gasteiger partial charge in [-0.3, -0.25) is 14.5 Å². The maximum Gasteiger partial charge on any atom is 0.253 e. The summed E-state index contributed by atoms with van der Waals surface area (Å²) in [4.78, 5) is 29.3. The highest BCUT2D eigenvalue weighted by Gasteiger charge is 2.36. The number of likely N-dealkylation sites (N-methyl/N-ethyl adjacent to an activating group) is 1. The van der Waals surface area contributed by atoms with Crippen molar-refractivity contribution < 1.29 is 9.59 Å². The van der Waals surface area contributed by atoms with E-state index in [1.807, 2.05) is 29.2 Å². The van der Waals surface area contributed by atoms with E-state index in [2.05, 4.69) is 26.1 Å². The summed E-state index contributed by atoms with van der Waals surface area (Å²) in [5.41, 5.74) is 0.710. The minimum absolute atomic E-state index is 0.0457. The zero-order valence-electron chi connectivity index (χ0n) is 14.7. The third-order valence-electron chi connectivity index (χ3n) is 5.43. The maximum absolute atomic E-state index is 12.7. The number of benzene rings is 1. The van der Waals surface area contributed by atoms with Crippen molar-refractivity contribution in [1.29, 1.82) is 0 Å². The fourth-order valence-electron chi connectivity index (χ4n) is 4.11. The van der Waals surface area contributed by atoms with E-state index in [0.29, 0.717) is 24.6 Å². The van der Waals surface area contributed by atoms with Crippen LogP contribution >= 0.6 is 15.9 Å². The molecule has 1 aliphatic heterocycles. The van der Waals surface area contributed by atoms with Crippen LogP contribution in [0.15, 0.2) is 28.7 Å². The Kier molecular flexibility index (Phi) is 6.12. The molecule has 1 saturated heterocycles. The van der Waals surface area contributed by atoms with E-state index in [4.69, 9.17) is 0 Å². The number of halogens is 1. The SMILES string of the molecule is CNC(=O)[C@@H](C1CCCC1)N1CCN(C(=O)c2cccc(Br)c2)CC1. The lowest BCUT2D eigenvalue weighted by molar-refractivity contribution is -0.128. The summed E-state index contributed by atoms with van der Waals surface area (Å²) in [7, 11) is 1.72. The summed E-state index contributed by atoms with van der Waals surface area (Å²) < 4.78 is 0.915. The van der Waals surface area contributed by atoms with Crippen LogP contribution < -0.4 is 5.32 Å². The van der Waals surface area contributed by atoms with Crippen molar-refractivity contribution in [1.82, 2.24) is 15.1 Å². The number of nitrogens with zero attached hydrogens (tertiary/aromatic N) is 2. The second kappa shape index (κ2) is 8.32. The van der Waals surface area contributed by atoms with E-state index in [-0.39, 0.29) is 17.9 Å². The first-order chi connectivity index (χ1) is 12.1. The van der Waals surface area contributed by atoms with Gasteiger partial charge in [0.2, 0.25) is 5.91 Å². The van der Waals surface area contributed by atoms with E-state index in [0.717, 1.165) is 30.4 Å². The number of rotatable bonds is 4. The topological polar surface area (TPSA) is 52.7 Å². The second-order valence-corrected chi connectivity index (χ2v) is 7.86. The lowest BCUT2D eigenvalue weighted by Crippen LogP contribution is -2.57. The summed E-state index contributed by atoms with van der Waals surface area (Å²) in [6.45, 7) is 2.86. The predicted molar refractivity (Wildman–Crippen MR) is 101 cm³/mol. The first kappa shape index (κ1) is 18.4. The average Bonchev–Trinajstić information content (AvgIpc) is 3.16. The van der Waals surface area contributed by atoms with Crippen molar-refractivity contribution in [2.24, 2.45) is 5.92 Å². The molecular weight excluding hydrogens is 382 g/mol. The van der Waals surface area contributed by atoms with E-state index in [1.165, 1.54) is 12.8 Å². The summed E-state index contributed by atoms with van der Waals surface area (Å²) in [6.07, 6.45) is 4.71. The van der Waals surface area contributed by atoms with Gasteiger partial charge in [-0.15, -0.1) is 0 Å². The van der Waals surface area contributed by atoms with Gasteiger partial charge in [-0.1, -0.05) is 34.8 Å². The molecule has 0 unspecified atom stereocenters. The fraction of sp³-hybridized carbons (Fsp3) is 0.579. The Bertz CT molecular complexity index is 623. The number of carbonyl (C=O) groups excluding carboxylic acids is 2. The molecule has 1 N–H and O–H groups in total. The molecule has 25 heavy (non-hydrogen) atoms. The highest BCUT2D eigenvalue weighted by atomic mass is 79.9. The Balaban J connectivity index is 1.63.